The number of piperazine rings is 1. The fraction of sp³-hybridized carbons (Fsp3) is 0.696. The van der Waals surface area contributed by atoms with Gasteiger partial charge in [0.1, 0.15) is 0 Å². The molecule has 3 saturated heterocycles. The average Bonchev–Trinajstić information content (AvgIpc) is 2.83. The lowest BCUT2D eigenvalue weighted by Gasteiger charge is -2.40. The van der Waals surface area contributed by atoms with E-state index in [1.54, 1.807) is 8.61 Å². The van der Waals surface area contributed by atoms with Gasteiger partial charge in [-0.1, -0.05) is 0 Å². The molecule has 190 valence electrons. The summed E-state index contributed by atoms with van der Waals surface area (Å²) in [6, 6.07) is 7.91. The Kier molecular flexibility index (Phi) is 8.43. The predicted octanol–water partition coefficient (Wildman–Crippen LogP) is 0.823. The molecule has 0 spiro atoms. The van der Waals surface area contributed by atoms with Gasteiger partial charge in [-0.25, -0.2) is 0 Å². The normalized spacial score (nSPS) is 25.9. The van der Waals surface area contributed by atoms with Crippen molar-refractivity contribution >= 4 is 27.5 Å². The Balaban J connectivity index is 1.19. The van der Waals surface area contributed by atoms with Crippen LogP contribution in [0.5, 0.6) is 0 Å². The Bertz CT molecular complexity index is 904. The van der Waals surface area contributed by atoms with Gasteiger partial charge in [-0.05, 0) is 38.1 Å². The number of morpholine rings is 2. The number of nitrogens with zero attached hydrogens (tertiary/aromatic N) is 4. The van der Waals surface area contributed by atoms with Gasteiger partial charge in [0.15, 0.2) is 0 Å². The number of rotatable bonds is 7. The summed E-state index contributed by atoms with van der Waals surface area (Å²) in [5.74, 6) is -0.0366. The first-order valence-electron chi connectivity index (χ1n) is 12.2. The molecule has 34 heavy (non-hydrogen) atoms. The third-order valence-electron chi connectivity index (χ3n) is 6.55. The number of ether oxygens (including phenoxy) is 2. The van der Waals surface area contributed by atoms with Crippen LogP contribution in [0.2, 0.25) is 0 Å². The zero-order chi connectivity index (χ0) is 24.1. The van der Waals surface area contributed by atoms with Crippen molar-refractivity contribution in [3.63, 3.8) is 0 Å². The van der Waals surface area contributed by atoms with Crippen LogP contribution in [0.1, 0.15) is 20.3 Å². The molecule has 0 saturated carbocycles. The van der Waals surface area contributed by atoms with Crippen molar-refractivity contribution in [2.24, 2.45) is 0 Å². The topological polar surface area (TPSA) is 94.7 Å². The van der Waals surface area contributed by atoms with E-state index in [1.807, 2.05) is 38.1 Å². The van der Waals surface area contributed by atoms with Crippen molar-refractivity contribution in [3.8, 4) is 0 Å². The minimum absolute atomic E-state index is 0.0366. The number of carbonyl (C=O) groups is 1. The highest BCUT2D eigenvalue weighted by Crippen LogP contribution is 2.20. The van der Waals surface area contributed by atoms with E-state index in [1.165, 1.54) is 0 Å². The summed E-state index contributed by atoms with van der Waals surface area (Å²) >= 11 is 0. The number of amides is 1. The summed E-state index contributed by atoms with van der Waals surface area (Å²) < 4.78 is 40.2. The average molecular weight is 496 g/mol. The highest BCUT2D eigenvalue weighted by molar-refractivity contribution is 7.86. The van der Waals surface area contributed by atoms with Crippen molar-refractivity contribution in [2.45, 2.75) is 32.5 Å². The van der Waals surface area contributed by atoms with E-state index in [9.17, 15) is 13.2 Å². The van der Waals surface area contributed by atoms with Crippen LogP contribution >= 0.6 is 0 Å². The van der Waals surface area contributed by atoms with E-state index in [2.05, 4.69) is 15.1 Å². The largest absolute Gasteiger partial charge is 0.378 e. The first-order chi connectivity index (χ1) is 16.3. The lowest BCUT2D eigenvalue weighted by Crippen LogP contribution is -2.57. The maximum absolute atomic E-state index is 13.0. The summed E-state index contributed by atoms with van der Waals surface area (Å²) in [5, 5.41) is 2.96. The molecule has 0 aliphatic carbocycles. The second-order valence-corrected chi connectivity index (χ2v) is 11.2. The molecule has 10 nitrogen and oxygen atoms in total. The minimum Gasteiger partial charge on any atom is -0.378 e. The van der Waals surface area contributed by atoms with Crippen molar-refractivity contribution in [1.29, 1.82) is 0 Å². The van der Waals surface area contributed by atoms with Gasteiger partial charge in [-0.3, -0.25) is 4.79 Å². The summed E-state index contributed by atoms with van der Waals surface area (Å²) in [6.07, 6.45) is 0.166. The molecule has 0 bridgehead atoms. The first kappa shape index (κ1) is 25.3. The third kappa shape index (κ3) is 6.46. The maximum atomic E-state index is 13.0. The van der Waals surface area contributed by atoms with Gasteiger partial charge in [0.05, 0.1) is 25.4 Å². The Morgan fingerprint density at radius 1 is 0.941 bits per heavy atom. The lowest BCUT2D eigenvalue weighted by molar-refractivity contribution is -0.116. The standard InChI is InChI=1S/C23H37N5O5S/c1-19-17-28(18-20(2)33-19)34(30,31)27-11-9-25(10-12-27)8-7-23(29)24-21-3-5-22(6-4-21)26-13-15-32-16-14-26/h3-6,19-20H,7-18H2,1-2H3,(H,24,29)/t19-,20+. The zero-order valence-corrected chi connectivity index (χ0v) is 21.0. The van der Waals surface area contributed by atoms with Gasteiger partial charge >= 0.3 is 0 Å². The molecular weight excluding hydrogens is 458 g/mol. The van der Waals surface area contributed by atoms with E-state index < -0.39 is 10.2 Å². The van der Waals surface area contributed by atoms with Gasteiger partial charge in [-0.2, -0.15) is 17.0 Å². The molecule has 0 radical (unpaired) electrons. The Morgan fingerprint density at radius 2 is 1.56 bits per heavy atom. The van der Waals surface area contributed by atoms with E-state index in [4.69, 9.17) is 9.47 Å². The van der Waals surface area contributed by atoms with Crippen molar-refractivity contribution in [1.82, 2.24) is 13.5 Å². The quantitative estimate of drug-likeness (QED) is 0.599. The molecule has 3 heterocycles. The third-order valence-corrected chi connectivity index (χ3v) is 8.52. The fourth-order valence-corrected chi connectivity index (χ4v) is 6.47. The molecule has 0 aromatic heterocycles. The molecule has 0 unspecified atom stereocenters. The number of carbonyl (C=O) groups excluding carboxylic acids is 1. The van der Waals surface area contributed by atoms with Crippen molar-refractivity contribution < 1.29 is 22.7 Å². The smallest absolute Gasteiger partial charge is 0.282 e. The number of hydrogen-bond acceptors (Lipinski definition) is 7. The molecule has 3 fully saturated rings. The Labute approximate surface area is 202 Å². The molecule has 1 aromatic rings. The molecular formula is C23H37N5O5S. The SMILES string of the molecule is C[C@@H]1CN(S(=O)(=O)N2CCN(CCC(=O)Nc3ccc(N4CCOCC4)cc3)CC2)C[C@H](C)O1. The van der Waals surface area contributed by atoms with Crippen LogP contribution in [0.15, 0.2) is 24.3 Å². The summed E-state index contributed by atoms with van der Waals surface area (Å²) in [5.41, 5.74) is 1.92. The number of anilines is 2. The van der Waals surface area contributed by atoms with Crippen LogP contribution in [0, 0.1) is 0 Å². The van der Waals surface area contributed by atoms with Crippen molar-refractivity contribution in [3.05, 3.63) is 24.3 Å². The number of nitrogens with one attached hydrogen (secondary N) is 1. The second kappa shape index (κ2) is 11.3. The van der Waals surface area contributed by atoms with Gasteiger partial charge in [0.2, 0.25) is 5.91 Å². The van der Waals surface area contributed by atoms with Crippen LogP contribution < -0.4 is 10.2 Å². The summed E-state index contributed by atoms with van der Waals surface area (Å²) in [4.78, 5) is 16.9. The predicted molar refractivity (Wildman–Crippen MR) is 131 cm³/mol. The highest BCUT2D eigenvalue weighted by atomic mass is 32.2. The van der Waals surface area contributed by atoms with E-state index in [-0.39, 0.29) is 18.1 Å². The summed E-state index contributed by atoms with van der Waals surface area (Å²) in [7, 11) is -3.49. The second-order valence-electron chi connectivity index (χ2n) is 9.27. The Hall–Kier alpha value is -1.76. The van der Waals surface area contributed by atoms with Crippen LogP contribution in [0.4, 0.5) is 11.4 Å². The molecule has 11 heteroatoms. The lowest BCUT2D eigenvalue weighted by atomic mass is 10.2. The monoisotopic (exact) mass is 495 g/mol. The molecule has 1 aromatic carbocycles. The molecule has 3 aliphatic rings. The number of hydrogen-bond donors (Lipinski definition) is 1. The van der Waals surface area contributed by atoms with Crippen LogP contribution in [-0.4, -0.2) is 112 Å². The van der Waals surface area contributed by atoms with Gasteiger partial charge in [-0.15, -0.1) is 0 Å². The van der Waals surface area contributed by atoms with Gasteiger partial charge in [0, 0.05) is 76.7 Å². The van der Waals surface area contributed by atoms with E-state index in [0.29, 0.717) is 52.2 Å². The Morgan fingerprint density at radius 3 is 2.18 bits per heavy atom. The maximum Gasteiger partial charge on any atom is 0.282 e. The van der Waals surface area contributed by atoms with E-state index >= 15 is 0 Å². The van der Waals surface area contributed by atoms with Gasteiger partial charge < -0.3 is 24.6 Å². The molecule has 3 aliphatic heterocycles. The highest BCUT2D eigenvalue weighted by Gasteiger charge is 2.36. The minimum atomic E-state index is -3.49. The summed E-state index contributed by atoms with van der Waals surface area (Å²) in [6.45, 7) is 10.6. The van der Waals surface area contributed by atoms with Gasteiger partial charge in [0.25, 0.3) is 10.2 Å². The molecule has 2 atom stereocenters. The van der Waals surface area contributed by atoms with E-state index in [0.717, 1.165) is 37.7 Å². The first-order valence-corrected chi connectivity index (χ1v) is 13.6. The fourth-order valence-electron chi connectivity index (χ4n) is 4.73. The van der Waals surface area contributed by atoms with Crippen LogP contribution in [0.25, 0.3) is 0 Å². The molecule has 1 N–H and O–H groups in total. The zero-order valence-electron chi connectivity index (χ0n) is 20.2. The molecule has 1 amide bonds. The van der Waals surface area contributed by atoms with Crippen LogP contribution in [-0.2, 0) is 24.5 Å². The molecule has 4 rings (SSSR count). The number of benzene rings is 1. The van der Waals surface area contributed by atoms with Crippen molar-refractivity contribution in [2.75, 3.05) is 82.3 Å². The van der Waals surface area contributed by atoms with Crippen LogP contribution in [0.3, 0.4) is 0 Å².